The molecule has 2 rings (SSSR count). The average Bonchev–Trinajstić information content (AvgIpc) is 2.67. The maximum atomic E-state index is 12.0. The van der Waals surface area contributed by atoms with Crippen LogP contribution >= 0.6 is 24.0 Å². The van der Waals surface area contributed by atoms with E-state index >= 15 is 0 Å². The fourth-order valence-electron chi connectivity index (χ4n) is 2.59. The molecule has 0 fully saturated rings. The summed E-state index contributed by atoms with van der Waals surface area (Å²) in [6.07, 6.45) is 0. The second-order valence-electron chi connectivity index (χ2n) is 6.03. The molecule has 0 aliphatic rings. The normalized spacial score (nSPS) is 11.9. The molecule has 0 aliphatic heterocycles. The number of benzene rings is 2. The Balaban J connectivity index is 0.00000364. The number of hydrogen-bond donors (Lipinski definition) is 3. The van der Waals surface area contributed by atoms with E-state index in [-0.39, 0.29) is 35.9 Å². The van der Waals surface area contributed by atoms with Gasteiger partial charge in [-0.3, -0.25) is 4.79 Å². The lowest BCUT2D eigenvalue weighted by Gasteiger charge is -2.18. The first-order valence-corrected chi connectivity index (χ1v) is 9.11. The second-order valence-corrected chi connectivity index (χ2v) is 6.03. The Morgan fingerprint density at radius 1 is 1.00 bits per heavy atom. The molecule has 1 amide bonds. The number of carbonyl (C=O) groups is 1. The van der Waals surface area contributed by atoms with E-state index in [1.807, 2.05) is 56.3 Å². The van der Waals surface area contributed by atoms with Gasteiger partial charge in [-0.05, 0) is 44.0 Å². The summed E-state index contributed by atoms with van der Waals surface area (Å²) in [5.41, 5.74) is 2.87. The van der Waals surface area contributed by atoms with Gasteiger partial charge in [0.15, 0.2) is 5.96 Å². The van der Waals surface area contributed by atoms with Crippen LogP contribution in [0.5, 0.6) is 0 Å². The predicted octanol–water partition coefficient (Wildman–Crippen LogP) is 3.87. The minimum Gasteiger partial charge on any atom is -0.357 e. The van der Waals surface area contributed by atoms with E-state index in [9.17, 15) is 4.79 Å². The Morgan fingerprint density at radius 2 is 1.70 bits per heavy atom. The van der Waals surface area contributed by atoms with Crippen LogP contribution in [-0.4, -0.2) is 25.0 Å². The van der Waals surface area contributed by atoms with Gasteiger partial charge in [0.05, 0.1) is 12.6 Å². The van der Waals surface area contributed by atoms with E-state index in [1.54, 1.807) is 0 Å². The van der Waals surface area contributed by atoms with Crippen molar-refractivity contribution in [1.29, 1.82) is 0 Å². The van der Waals surface area contributed by atoms with Gasteiger partial charge in [0.25, 0.3) is 5.91 Å². The third-order valence-electron chi connectivity index (χ3n) is 3.94. The highest BCUT2D eigenvalue weighted by molar-refractivity contribution is 14.0. The fraction of sp³-hybridized carbons (Fsp3) is 0.333. The summed E-state index contributed by atoms with van der Waals surface area (Å²) in [6.45, 7) is 7.97. The zero-order valence-electron chi connectivity index (χ0n) is 16.2. The molecule has 0 aliphatic carbocycles. The zero-order chi connectivity index (χ0) is 18.8. The molecule has 27 heavy (non-hydrogen) atoms. The van der Waals surface area contributed by atoms with Gasteiger partial charge < -0.3 is 16.0 Å². The van der Waals surface area contributed by atoms with Gasteiger partial charge in [0.2, 0.25) is 0 Å². The summed E-state index contributed by atoms with van der Waals surface area (Å²) in [7, 11) is 0. The molecule has 5 nitrogen and oxygen atoms in total. The van der Waals surface area contributed by atoms with Crippen LogP contribution in [0.4, 0.5) is 0 Å². The number of rotatable bonds is 7. The average molecular weight is 480 g/mol. The van der Waals surface area contributed by atoms with Crippen LogP contribution in [-0.2, 0) is 6.54 Å². The summed E-state index contributed by atoms with van der Waals surface area (Å²) in [6, 6.07) is 18.0. The maximum absolute atomic E-state index is 12.0. The van der Waals surface area contributed by atoms with Crippen LogP contribution < -0.4 is 16.0 Å². The number of nitrogens with zero attached hydrogens (tertiary/aromatic N) is 1. The van der Waals surface area contributed by atoms with Crippen molar-refractivity contribution in [2.45, 2.75) is 33.4 Å². The minimum absolute atomic E-state index is 0. The van der Waals surface area contributed by atoms with Crippen molar-refractivity contribution in [2.24, 2.45) is 4.99 Å². The van der Waals surface area contributed by atoms with Crippen molar-refractivity contribution >= 4 is 35.8 Å². The molecule has 0 spiro atoms. The third kappa shape index (κ3) is 7.58. The fourth-order valence-corrected chi connectivity index (χ4v) is 2.59. The Morgan fingerprint density at radius 3 is 2.37 bits per heavy atom. The van der Waals surface area contributed by atoms with Crippen molar-refractivity contribution in [2.75, 3.05) is 13.1 Å². The van der Waals surface area contributed by atoms with Crippen LogP contribution in [0.25, 0.3) is 0 Å². The molecule has 3 N–H and O–H groups in total. The van der Waals surface area contributed by atoms with E-state index in [4.69, 9.17) is 0 Å². The van der Waals surface area contributed by atoms with Crippen molar-refractivity contribution < 1.29 is 4.79 Å². The number of carbonyl (C=O) groups excluding carboxylic acids is 1. The Bertz CT molecular complexity index is 734. The Kier molecular flexibility index (Phi) is 10.5. The number of guanidine groups is 1. The summed E-state index contributed by atoms with van der Waals surface area (Å²) in [5.74, 6) is 0.702. The molecule has 6 heteroatoms. The molecule has 2 aromatic rings. The summed E-state index contributed by atoms with van der Waals surface area (Å²) in [5, 5.41) is 9.51. The molecule has 0 saturated carbocycles. The van der Waals surface area contributed by atoms with Crippen LogP contribution in [0.1, 0.15) is 48.3 Å². The van der Waals surface area contributed by atoms with Crippen molar-refractivity contribution in [3.63, 3.8) is 0 Å². The first-order chi connectivity index (χ1) is 12.6. The van der Waals surface area contributed by atoms with Gasteiger partial charge in [0.1, 0.15) is 0 Å². The quantitative estimate of drug-likeness (QED) is 0.320. The summed E-state index contributed by atoms with van der Waals surface area (Å²) in [4.78, 5) is 16.6. The van der Waals surface area contributed by atoms with Crippen LogP contribution in [0, 0.1) is 0 Å². The van der Waals surface area contributed by atoms with Crippen molar-refractivity contribution in [1.82, 2.24) is 16.0 Å². The number of nitrogens with one attached hydrogen (secondary N) is 3. The zero-order valence-corrected chi connectivity index (χ0v) is 18.5. The minimum atomic E-state index is -0.0546. The molecule has 2 aromatic carbocycles. The van der Waals surface area contributed by atoms with E-state index in [0.717, 1.165) is 18.1 Å². The van der Waals surface area contributed by atoms with Crippen LogP contribution in [0.15, 0.2) is 59.6 Å². The monoisotopic (exact) mass is 480 g/mol. The van der Waals surface area contributed by atoms with Gasteiger partial charge in [-0.15, -0.1) is 24.0 Å². The lowest BCUT2D eigenvalue weighted by atomic mass is 10.1. The molecule has 1 unspecified atom stereocenters. The van der Waals surface area contributed by atoms with Crippen molar-refractivity contribution in [3.05, 3.63) is 71.3 Å². The number of amides is 1. The van der Waals surface area contributed by atoms with Gasteiger partial charge in [0, 0.05) is 18.7 Å². The molecular weight excluding hydrogens is 451 g/mol. The van der Waals surface area contributed by atoms with Crippen LogP contribution in [0.2, 0.25) is 0 Å². The molecule has 146 valence electrons. The topological polar surface area (TPSA) is 65.5 Å². The highest BCUT2D eigenvalue weighted by atomic mass is 127. The molecule has 0 saturated heterocycles. The maximum Gasteiger partial charge on any atom is 0.251 e. The highest BCUT2D eigenvalue weighted by Crippen LogP contribution is 2.11. The van der Waals surface area contributed by atoms with E-state index in [0.29, 0.717) is 18.7 Å². The largest absolute Gasteiger partial charge is 0.357 e. The number of halogens is 1. The SMILES string of the molecule is CCNC(=O)c1cccc(CN=C(NCC)NC(C)c2ccccc2)c1.I. The van der Waals surface area contributed by atoms with Gasteiger partial charge in [-0.1, -0.05) is 42.5 Å². The van der Waals surface area contributed by atoms with Crippen molar-refractivity contribution in [3.8, 4) is 0 Å². The summed E-state index contributed by atoms with van der Waals surface area (Å²) >= 11 is 0. The molecular formula is C21H29IN4O. The Labute approximate surface area is 179 Å². The van der Waals surface area contributed by atoms with E-state index in [2.05, 4.69) is 40.0 Å². The summed E-state index contributed by atoms with van der Waals surface area (Å²) < 4.78 is 0. The van der Waals surface area contributed by atoms with Crippen LogP contribution in [0.3, 0.4) is 0 Å². The highest BCUT2D eigenvalue weighted by Gasteiger charge is 2.08. The van der Waals surface area contributed by atoms with E-state index < -0.39 is 0 Å². The van der Waals surface area contributed by atoms with Gasteiger partial charge in [-0.25, -0.2) is 4.99 Å². The lowest BCUT2D eigenvalue weighted by Crippen LogP contribution is -2.38. The van der Waals surface area contributed by atoms with Gasteiger partial charge >= 0.3 is 0 Å². The Hall–Kier alpha value is -2.09. The first-order valence-electron chi connectivity index (χ1n) is 9.11. The van der Waals surface area contributed by atoms with E-state index in [1.165, 1.54) is 5.56 Å². The molecule has 0 radical (unpaired) electrons. The molecule has 0 bridgehead atoms. The second kappa shape index (κ2) is 12.3. The molecule has 0 heterocycles. The number of hydrogen-bond acceptors (Lipinski definition) is 2. The smallest absolute Gasteiger partial charge is 0.251 e. The predicted molar refractivity (Wildman–Crippen MR) is 123 cm³/mol. The molecule has 0 aromatic heterocycles. The lowest BCUT2D eigenvalue weighted by molar-refractivity contribution is 0.0955. The third-order valence-corrected chi connectivity index (χ3v) is 3.94. The number of aliphatic imine (C=N–C) groups is 1. The first kappa shape index (κ1) is 23.0. The standard InChI is InChI=1S/C21H28N4O.HI/c1-4-22-20(26)19-13-9-10-17(14-19)15-24-21(23-5-2)25-16(3)18-11-7-6-8-12-18;/h6-14,16H,4-5,15H2,1-3H3,(H,22,26)(H2,23,24,25);1H. The van der Waals surface area contributed by atoms with Gasteiger partial charge in [-0.2, -0.15) is 0 Å². The molecule has 1 atom stereocenters.